The first-order valence-electron chi connectivity index (χ1n) is 5.95. The first kappa shape index (κ1) is 11.8. The average Bonchev–Trinajstić information content (AvgIpc) is 2.28. The van der Waals surface area contributed by atoms with Crippen LogP contribution in [0.5, 0.6) is 5.75 Å². The number of hydrogen-bond donors (Lipinski definition) is 2. The highest BCUT2D eigenvalue weighted by molar-refractivity contribution is 5.74. The van der Waals surface area contributed by atoms with Crippen LogP contribution in [0.15, 0.2) is 24.3 Å². The lowest BCUT2D eigenvalue weighted by molar-refractivity contribution is 0.221. The Labute approximate surface area is 101 Å². The van der Waals surface area contributed by atoms with E-state index in [4.69, 9.17) is 4.74 Å². The topological polar surface area (TPSA) is 50.4 Å². The van der Waals surface area contributed by atoms with Crippen LogP contribution in [-0.4, -0.2) is 18.7 Å². The number of carbonyl (C=O) groups is 1. The maximum atomic E-state index is 11.7. The molecule has 0 bridgehead atoms. The van der Waals surface area contributed by atoms with Gasteiger partial charge in [-0.05, 0) is 19.9 Å². The highest BCUT2D eigenvalue weighted by Crippen LogP contribution is 2.31. The third-order valence-corrected chi connectivity index (χ3v) is 2.68. The van der Waals surface area contributed by atoms with Crippen molar-refractivity contribution in [1.82, 2.24) is 10.6 Å². The molecule has 1 aromatic rings. The molecular weight excluding hydrogens is 216 g/mol. The maximum Gasteiger partial charge on any atom is 0.315 e. The van der Waals surface area contributed by atoms with Gasteiger partial charge in [0.25, 0.3) is 0 Å². The Bertz CT molecular complexity index is 404. The first-order chi connectivity index (χ1) is 8.16. The van der Waals surface area contributed by atoms with Crippen molar-refractivity contribution in [3.05, 3.63) is 29.8 Å². The van der Waals surface area contributed by atoms with Crippen LogP contribution in [0.25, 0.3) is 0 Å². The van der Waals surface area contributed by atoms with E-state index in [0.717, 1.165) is 17.7 Å². The quantitative estimate of drug-likeness (QED) is 0.824. The molecule has 2 N–H and O–H groups in total. The minimum Gasteiger partial charge on any atom is -0.493 e. The summed E-state index contributed by atoms with van der Waals surface area (Å²) in [6.45, 7) is 4.53. The Morgan fingerprint density at radius 3 is 2.94 bits per heavy atom. The Hall–Kier alpha value is -1.71. The zero-order valence-electron chi connectivity index (χ0n) is 10.2. The molecule has 2 amide bonds. The van der Waals surface area contributed by atoms with E-state index in [1.54, 1.807) is 0 Å². The predicted molar refractivity (Wildman–Crippen MR) is 66.1 cm³/mol. The minimum absolute atomic E-state index is 0.0405. The van der Waals surface area contributed by atoms with Crippen molar-refractivity contribution in [2.75, 3.05) is 6.61 Å². The summed E-state index contributed by atoms with van der Waals surface area (Å²) in [6.07, 6.45) is 0.808. The van der Waals surface area contributed by atoms with Crippen molar-refractivity contribution in [2.45, 2.75) is 32.4 Å². The molecule has 92 valence electrons. The summed E-state index contributed by atoms with van der Waals surface area (Å²) in [5, 5.41) is 5.81. The molecule has 1 aliphatic rings. The lowest BCUT2D eigenvalue weighted by Crippen LogP contribution is -2.42. The predicted octanol–water partition coefficient (Wildman–Crippen LogP) is 2.22. The Morgan fingerprint density at radius 1 is 1.41 bits per heavy atom. The fraction of sp³-hybridized carbons (Fsp3) is 0.462. The van der Waals surface area contributed by atoms with Crippen molar-refractivity contribution in [3.63, 3.8) is 0 Å². The number of para-hydroxylation sites is 1. The van der Waals surface area contributed by atoms with E-state index in [-0.39, 0.29) is 18.1 Å². The number of hydrogen-bond acceptors (Lipinski definition) is 2. The van der Waals surface area contributed by atoms with Gasteiger partial charge in [-0.1, -0.05) is 18.2 Å². The number of rotatable bonds is 2. The van der Waals surface area contributed by atoms with Gasteiger partial charge in [0, 0.05) is 18.0 Å². The van der Waals surface area contributed by atoms with Gasteiger partial charge in [-0.2, -0.15) is 0 Å². The van der Waals surface area contributed by atoms with Crippen molar-refractivity contribution in [3.8, 4) is 5.75 Å². The van der Waals surface area contributed by atoms with Crippen LogP contribution in [0, 0.1) is 0 Å². The third kappa shape index (κ3) is 2.90. The zero-order chi connectivity index (χ0) is 12.3. The standard InChI is InChI=1S/C13H18N2O2/c1-9(2)14-13(16)15-11-7-8-17-12-6-4-3-5-10(11)12/h3-6,9,11H,7-8H2,1-2H3,(H2,14,15,16). The van der Waals surface area contributed by atoms with Gasteiger partial charge in [0.1, 0.15) is 5.75 Å². The van der Waals surface area contributed by atoms with Gasteiger partial charge < -0.3 is 15.4 Å². The summed E-state index contributed by atoms with van der Waals surface area (Å²) in [5.41, 5.74) is 1.05. The summed E-state index contributed by atoms with van der Waals surface area (Å²) < 4.78 is 5.54. The summed E-state index contributed by atoms with van der Waals surface area (Å²) in [4.78, 5) is 11.7. The molecule has 1 aromatic carbocycles. The number of nitrogens with one attached hydrogen (secondary N) is 2. The maximum absolute atomic E-state index is 11.7. The molecule has 0 aliphatic carbocycles. The summed E-state index contributed by atoms with van der Waals surface area (Å²) >= 11 is 0. The molecule has 0 saturated carbocycles. The van der Waals surface area contributed by atoms with E-state index >= 15 is 0 Å². The van der Waals surface area contributed by atoms with E-state index in [9.17, 15) is 4.79 Å². The molecule has 0 aromatic heterocycles. The van der Waals surface area contributed by atoms with E-state index in [1.165, 1.54) is 0 Å². The number of benzene rings is 1. The Kier molecular flexibility index (Phi) is 3.52. The number of amides is 2. The number of fused-ring (bicyclic) bond motifs is 1. The van der Waals surface area contributed by atoms with Gasteiger partial charge in [0.2, 0.25) is 0 Å². The van der Waals surface area contributed by atoms with Crippen LogP contribution in [-0.2, 0) is 0 Å². The normalized spacial score (nSPS) is 18.2. The van der Waals surface area contributed by atoms with Gasteiger partial charge >= 0.3 is 6.03 Å². The monoisotopic (exact) mass is 234 g/mol. The van der Waals surface area contributed by atoms with Crippen LogP contribution in [0.3, 0.4) is 0 Å². The Balaban J connectivity index is 2.06. The fourth-order valence-corrected chi connectivity index (χ4v) is 1.95. The van der Waals surface area contributed by atoms with Crippen molar-refractivity contribution in [1.29, 1.82) is 0 Å². The SMILES string of the molecule is CC(C)NC(=O)NC1CCOc2ccccc21. The van der Waals surface area contributed by atoms with Gasteiger partial charge in [-0.3, -0.25) is 0 Å². The average molecular weight is 234 g/mol. The molecular formula is C13H18N2O2. The molecule has 0 saturated heterocycles. The highest BCUT2D eigenvalue weighted by Gasteiger charge is 2.22. The molecule has 4 heteroatoms. The third-order valence-electron chi connectivity index (χ3n) is 2.68. The van der Waals surface area contributed by atoms with Gasteiger partial charge in [-0.25, -0.2) is 4.79 Å². The van der Waals surface area contributed by atoms with Crippen LogP contribution < -0.4 is 15.4 Å². The zero-order valence-corrected chi connectivity index (χ0v) is 10.2. The molecule has 0 spiro atoms. The summed E-state index contributed by atoms with van der Waals surface area (Å²) in [5.74, 6) is 0.869. The van der Waals surface area contributed by atoms with E-state index in [0.29, 0.717) is 6.61 Å². The Morgan fingerprint density at radius 2 is 2.18 bits per heavy atom. The van der Waals surface area contributed by atoms with Crippen LogP contribution in [0.1, 0.15) is 31.9 Å². The molecule has 0 fully saturated rings. The molecule has 1 heterocycles. The van der Waals surface area contributed by atoms with Crippen molar-refractivity contribution >= 4 is 6.03 Å². The van der Waals surface area contributed by atoms with E-state index in [2.05, 4.69) is 10.6 Å². The summed E-state index contributed by atoms with van der Waals surface area (Å²) in [7, 11) is 0. The molecule has 4 nitrogen and oxygen atoms in total. The van der Waals surface area contributed by atoms with E-state index in [1.807, 2.05) is 38.1 Å². The van der Waals surface area contributed by atoms with Gasteiger partial charge in [0.15, 0.2) is 0 Å². The first-order valence-corrected chi connectivity index (χ1v) is 5.95. The summed E-state index contributed by atoms with van der Waals surface area (Å²) in [6, 6.07) is 7.89. The van der Waals surface area contributed by atoms with E-state index < -0.39 is 0 Å². The minimum atomic E-state index is -0.123. The lowest BCUT2D eigenvalue weighted by Gasteiger charge is -2.27. The number of ether oxygens (including phenoxy) is 1. The molecule has 1 unspecified atom stereocenters. The molecule has 1 aliphatic heterocycles. The van der Waals surface area contributed by atoms with Crippen molar-refractivity contribution < 1.29 is 9.53 Å². The largest absolute Gasteiger partial charge is 0.493 e. The van der Waals surface area contributed by atoms with Crippen LogP contribution in [0.2, 0.25) is 0 Å². The van der Waals surface area contributed by atoms with Crippen molar-refractivity contribution in [2.24, 2.45) is 0 Å². The second-order valence-electron chi connectivity index (χ2n) is 4.50. The second-order valence-corrected chi connectivity index (χ2v) is 4.50. The smallest absolute Gasteiger partial charge is 0.315 e. The number of urea groups is 1. The lowest BCUT2D eigenvalue weighted by atomic mass is 10.0. The van der Waals surface area contributed by atoms with Crippen LogP contribution >= 0.6 is 0 Å². The van der Waals surface area contributed by atoms with Gasteiger partial charge in [-0.15, -0.1) is 0 Å². The van der Waals surface area contributed by atoms with Crippen LogP contribution in [0.4, 0.5) is 4.79 Å². The second kappa shape index (κ2) is 5.08. The molecule has 0 radical (unpaired) electrons. The fourth-order valence-electron chi connectivity index (χ4n) is 1.95. The van der Waals surface area contributed by atoms with Gasteiger partial charge in [0.05, 0.1) is 12.6 Å². The highest BCUT2D eigenvalue weighted by atomic mass is 16.5. The molecule has 17 heavy (non-hydrogen) atoms. The number of carbonyl (C=O) groups excluding carboxylic acids is 1. The molecule has 1 atom stereocenters. The molecule has 2 rings (SSSR count).